The minimum Gasteiger partial charge on any atom is -0.481 e. The van der Waals surface area contributed by atoms with Gasteiger partial charge in [0.2, 0.25) is 0 Å². The largest absolute Gasteiger partial charge is 0.481 e. The number of ether oxygens (including phenoxy) is 1. The number of likely N-dealkylation sites (tertiary alicyclic amines) is 1. The van der Waals surface area contributed by atoms with Crippen LogP contribution >= 0.6 is 0 Å². The van der Waals surface area contributed by atoms with Gasteiger partial charge in [-0.2, -0.15) is 0 Å². The monoisotopic (exact) mass is 276 g/mol. The van der Waals surface area contributed by atoms with Gasteiger partial charge in [0, 0.05) is 50.7 Å². The van der Waals surface area contributed by atoms with Crippen LogP contribution in [0.3, 0.4) is 0 Å². The summed E-state index contributed by atoms with van der Waals surface area (Å²) in [5.41, 5.74) is 1.03. The lowest BCUT2D eigenvalue weighted by molar-refractivity contribution is -0.146. The van der Waals surface area contributed by atoms with Crippen LogP contribution in [0.1, 0.15) is 18.4 Å². The number of hydrogen-bond acceptors (Lipinski definition) is 4. The summed E-state index contributed by atoms with van der Waals surface area (Å²) in [5, 5.41) is 9.53. The maximum atomic E-state index is 11.6. The van der Waals surface area contributed by atoms with Crippen LogP contribution in [0.15, 0.2) is 24.5 Å². The van der Waals surface area contributed by atoms with Gasteiger partial charge in [-0.15, -0.1) is 0 Å². The van der Waals surface area contributed by atoms with Crippen molar-refractivity contribution >= 4 is 5.97 Å². The van der Waals surface area contributed by atoms with E-state index in [0.29, 0.717) is 19.8 Å². The molecule has 1 atom stereocenters. The first-order chi connectivity index (χ1) is 9.70. The minimum absolute atomic E-state index is 0.105. The summed E-state index contributed by atoms with van der Waals surface area (Å²) in [6.07, 6.45) is 5.32. The van der Waals surface area contributed by atoms with Crippen molar-refractivity contribution in [2.45, 2.75) is 19.4 Å². The number of carboxylic acids is 1. The quantitative estimate of drug-likeness (QED) is 0.904. The smallest absolute Gasteiger partial charge is 0.308 e. The Balaban J connectivity index is 1.74. The molecule has 2 fully saturated rings. The molecule has 0 bridgehead atoms. The average Bonchev–Trinajstić information content (AvgIpc) is 2.79. The Bertz CT molecular complexity index is 471. The molecular formula is C15H20N2O3. The van der Waals surface area contributed by atoms with Gasteiger partial charge in [0.05, 0.1) is 5.92 Å². The molecule has 0 radical (unpaired) electrons. The Morgan fingerprint density at radius 3 is 2.95 bits per heavy atom. The van der Waals surface area contributed by atoms with Crippen molar-refractivity contribution in [1.29, 1.82) is 0 Å². The molecule has 20 heavy (non-hydrogen) atoms. The maximum absolute atomic E-state index is 11.6. The van der Waals surface area contributed by atoms with Crippen molar-refractivity contribution in [1.82, 2.24) is 9.88 Å². The molecule has 3 rings (SSSR count). The highest BCUT2D eigenvalue weighted by atomic mass is 16.5. The molecule has 0 aliphatic carbocycles. The number of rotatable bonds is 3. The minimum atomic E-state index is -0.666. The molecule has 0 amide bonds. The number of carbonyl (C=O) groups is 1. The topological polar surface area (TPSA) is 62.7 Å². The Hall–Kier alpha value is -1.46. The van der Waals surface area contributed by atoms with Crippen molar-refractivity contribution in [3.8, 4) is 0 Å². The van der Waals surface area contributed by atoms with E-state index in [4.69, 9.17) is 4.74 Å². The molecule has 0 saturated carbocycles. The van der Waals surface area contributed by atoms with E-state index in [1.165, 1.54) is 0 Å². The zero-order valence-corrected chi connectivity index (χ0v) is 11.5. The summed E-state index contributed by atoms with van der Waals surface area (Å²) < 4.78 is 5.42. The third kappa shape index (κ3) is 2.55. The van der Waals surface area contributed by atoms with E-state index in [1.807, 2.05) is 18.3 Å². The summed E-state index contributed by atoms with van der Waals surface area (Å²) in [5.74, 6) is -0.941. The lowest BCUT2D eigenvalue weighted by Gasteiger charge is -2.36. The normalized spacial score (nSPS) is 25.9. The van der Waals surface area contributed by atoms with Crippen molar-refractivity contribution in [3.63, 3.8) is 0 Å². The fraction of sp³-hybridized carbons (Fsp3) is 0.600. The van der Waals surface area contributed by atoms with Crippen molar-refractivity contribution in [2.24, 2.45) is 11.3 Å². The summed E-state index contributed by atoms with van der Waals surface area (Å²) in [6.45, 7) is 3.63. The van der Waals surface area contributed by atoms with Gasteiger partial charge >= 0.3 is 5.97 Å². The molecule has 1 N–H and O–H groups in total. The number of pyridine rings is 1. The van der Waals surface area contributed by atoms with Gasteiger partial charge in [-0.05, 0) is 24.5 Å². The van der Waals surface area contributed by atoms with Gasteiger partial charge in [0.1, 0.15) is 0 Å². The first-order valence-corrected chi connectivity index (χ1v) is 7.11. The maximum Gasteiger partial charge on any atom is 0.308 e. The zero-order chi connectivity index (χ0) is 14.0. The molecule has 1 aromatic rings. The number of aliphatic carboxylic acids is 1. The van der Waals surface area contributed by atoms with Crippen molar-refractivity contribution < 1.29 is 14.6 Å². The highest BCUT2D eigenvalue weighted by Gasteiger charge is 2.50. The number of nitrogens with zero attached hydrogens (tertiary/aromatic N) is 2. The van der Waals surface area contributed by atoms with Crippen LogP contribution in [-0.4, -0.2) is 47.3 Å². The molecule has 1 aromatic heterocycles. The molecule has 5 nitrogen and oxygen atoms in total. The number of hydrogen-bond donors (Lipinski definition) is 1. The van der Waals surface area contributed by atoms with Gasteiger partial charge in [0.25, 0.3) is 0 Å². The van der Waals surface area contributed by atoms with Crippen molar-refractivity contribution in [2.75, 3.05) is 26.3 Å². The lowest BCUT2D eigenvalue weighted by Crippen LogP contribution is -2.40. The summed E-state index contributed by atoms with van der Waals surface area (Å²) in [7, 11) is 0. The van der Waals surface area contributed by atoms with Crippen LogP contribution in [0.25, 0.3) is 0 Å². The molecule has 0 unspecified atom stereocenters. The Morgan fingerprint density at radius 1 is 1.50 bits per heavy atom. The van der Waals surface area contributed by atoms with Crippen LogP contribution in [-0.2, 0) is 16.1 Å². The molecule has 2 aliphatic rings. The van der Waals surface area contributed by atoms with E-state index in [9.17, 15) is 9.90 Å². The van der Waals surface area contributed by atoms with E-state index in [-0.39, 0.29) is 11.3 Å². The molecule has 2 aliphatic heterocycles. The Morgan fingerprint density at radius 2 is 2.30 bits per heavy atom. The second-order valence-electron chi connectivity index (χ2n) is 5.90. The highest BCUT2D eigenvalue weighted by molar-refractivity contribution is 5.72. The average molecular weight is 276 g/mol. The number of carboxylic acid groups (broad SMARTS) is 1. The van der Waals surface area contributed by atoms with Crippen LogP contribution in [0.4, 0.5) is 0 Å². The fourth-order valence-electron chi connectivity index (χ4n) is 3.57. The third-order valence-corrected chi connectivity index (χ3v) is 4.63. The third-order valence-electron chi connectivity index (χ3n) is 4.63. The molecule has 5 heteroatoms. The van der Waals surface area contributed by atoms with Gasteiger partial charge < -0.3 is 9.84 Å². The second-order valence-corrected chi connectivity index (χ2v) is 5.90. The molecular weight excluding hydrogens is 256 g/mol. The van der Waals surface area contributed by atoms with Gasteiger partial charge in [-0.25, -0.2) is 0 Å². The molecule has 108 valence electrons. The fourth-order valence-corrected chi connectivity index (χ4v) is 3.57. The standard InChI is InChI=1S/C15H20N2O3/c18-14(19)13-10-17(9-12-2-1-5-16-8-12)11-15(13)3-6-20-7-4-15/h1-2,5,8,13H,3-4,6-7,9-11H2,(H,18,19)/t13-/m0/s1. The van der Waals surface area contributed by atoms with E-state index in [1.54, 1.807) is 6.20 Å². The SMILES string of the molecule is O=C(O)[C@@H]1CN(Cc2cccnc2)CC12CCOCC2. The van der Waals surface area contributed by atoms with E-state index in [2.05, 4.69) is 9.88 Å². The molecule has 3 heterocycles. The second kappa shape index (κ2) is 5.50. The molecule has 0 aromatic carbocycles. The highest BCUT2D eigenvalue weighted by Crippen LogP contribution is 2.44. The first kappa shape index (κ1) is 13.5. The van der Waals surface area contributed by atoms with E-state index < -0.39 is 5.97 Å². The van der Waals surface area contributed by atoms with E-state index >= 15 is 0 Å². The van der Waals surface area contributed by atoms with Crippen molar-refractivity contribution in [3.05, 3.63) is 30.1 Å². The Kier molecular flexibility index (Phi) is 3.72. The first-order valence-electron chi connectivity index (χ1n) is 7.11. The molecule has 1 spiro atoms. The molecule has 2 saturated heterocycles. The Labute approximate surface area is 118 Å². The summed E-state index contributed by atoms with van der Waals surface area (Å²) in [6, 6.07) is 3.96. The van der Waals surface area contributed by atoms with Gasteiger partial charge in [-0.1, -0.05) is 6.07 Å². The summed E-state index contributed by atoms with van der Waals surface area (Å²) >= 11 is 0. The summed E-state index contributed by atoms with van der Waals surface area (Å²) in [4.78, 5) is 18.0. The number of aromatic nitrogens is 1. The van der Waals surface area contributed by atoms with Gasteiger partial charge in [-0.3, -0.25) is 14.7 Å². The van der Waals surface area contributed by atoms with Crippen LogP contribution < -0.4 is 0 Å². The van der Waals surface area contributed by atoms with E-state index in [0.717, 1.165) is 31.5 Å². The zero-order valence-electron chi connectivity index (χ0n) is 11.5. The predicted molar refractivity (Wildman–Crippen MR) is 73.1 cm³/mol. The lowest BCUT2D eigenvalue weighted by atomic mass is 9.72. The van der Waals surface area contributed by atoms with Gasteiger partial charge in [0.15, 0.2) is 0 Å². The van der Waals surface area contributed by atoms with Crippen LogP contribution in [0.2, 0.25) is 0 Å². The van der Waals surface area contributed by atoms with Crippen LogP contribution in [0, 0.1) is 11.3 Å². The predicted octanol–water partition coefficient (Wildman–Crippen LogP) is 1.39. The van der Waals surface area contributed by atoms with Crippen LogP contribution in [0.5, 0.6) is 0 Å².